The van der Waals surface area contributed by atoms with Crippen LogP contribution in [0.15, 0.2) is 60.7 Å². The molecule has 36 heavy (non-hydrogen) atoms. The Hall–Kier alpha value is -3.65. The van der Waals surface area contributed by atoms with Crippen molar-refractivity contribution < 1.29 is 14.3 Å². The maximum Gasteiger partial charge on any atom is 0.254 e. The number of amides is 2. The predicted octanol–water partition coefficient (Wildman–Crippen LogP) is 4.01. The highest BCUT2D eigenvalue weighted by atomic mass is 35.5. The number of hydrogen-bond acceptors (Lipinski definition) is 6. The Morgan fingerprint density at radius 2 is 1.72 bits per heavy atom. The van der Waals surface area contributed by atoms with E-state index in [0.29, 0.717) is 36.8 Å². The molecule has 3 aromatic rings. The molecule has 0 atom stereocenters. The number of anilines is 1. The fourth-order valence-corrected chi connectivity index (χ4v) is 4.23. The fourth-order valence-electron chi connectivity index (χ4n) is 4.11. The van der Waals surface area contributed by atoms with Crippen LogP contribution in [0, 0.1) is 0 Å². The molecule has 0 N–H and O–H groups in total. The van der Waals surface area contributed by atoms with Gasteiger partial charge in [-0.2, -0.15) is 0 Å². The summed E-state index contributed by atoms with van der Waals surface area (Å²) in [6.07, 6.45) is 0. The lowest BCUT2D eigenvalue weighted by Gasteiger charge is -2.36. The van der Waals surface area contributed by atoms with Gasteiger partial charge in [0, 0.05) is 48.4 Å². The lowest BCUT2D eigenvalue weighted by atomic mass is 10.1. The number of rotatable bonds is 7. The van der Waals surface area contributed by atoms with Crippen LogP contribution in [0.4, 0.5) is 5.82 Å². The molecule has 1 aromatic heterocycles. The maximum absolute atomic E-state index is 13.1. The van der Waals surface area contributed by atoms with E-state index in [1.165, 1.54) is 0 Å². The Morgan fingerprint density at radius 3 is 2.33 bits per heavy atom. The van der Waals surface area contributed by atoms with Crippen LogP contribution in [0.1, 0.15) is 24.2 Å². The van der Waals surface area contributed by atoms with Gasteiger partial charge in [-0.15, -0.1) is 10.2 Å². The van der Waals surface area contributed by atoms with Crippen molar-refractivity contribution in [3.05, 3.63) is 71.2 Å². The third-order valence-electron chi connectivity index (χ3n) is 6.25. The van der Waals surface area contributed by atoms with Gasteiger partial charge in [0.05, 0.1) is 12.8 Å². The van der Waals surface area contributed by atoms with Gasteiger partial charge in [0.1, 0.15) is 12.3 Å². The van der Waals surface area contributed by atoms with Crippen LogP contribution < -0.4 is 9.64 Å². The van der Waals surface area contributed by atoms with Gasteiger partial charge in [-0.1, -0.05) is 23.7 Å². The SMILES string of the molecule is COc1cccc(-c2ccc(N3CCN(C(=O)CN(C(=O)c4ccc(Cl)cc4)C(C)C)CC3)nn2)c1. The summed E-state index contributed by atoms with van der Waals surface area (Å²) in [5.41, 5.74) is 2.22. The molecule has 188 valence electrons. The first-order valence-electron chi connectivity index (χ1n) is 11.9. The molecule has 1 aliphatic rings. The second-order valence-corrected chi connectivity index (χ2v) is 9.35. The Labute approximate surface area is 216 Å². The zero-order valence-electron chi connectivity index (χ0n) is 20.7. The van der Waals surface area contributed by atoms with Gasteiger partial charge in [-0.05, 0) is 62.4 Å². The van der Waals surface area contributed by atoms with Gasteiger partial charge in [0.15, 0.2) is 5.82 Å². The zero-order chi connectivity index (χ0) is 25.7. The molecule has 0 saturated carbocycles. The summed E-state index contributed by atoms with van der Waals surface area (Å²) in [4.78, 5) is 31.6. The van der Waals surface area contributed by atoms with Gasteiger partial charge in [0.2, 0.25) is 5.91 Å². The van der Waals surface area contributed by atoms with Crippen molar-refractivity contribution in [3.8, 4) is 17.0 Å². The molecular weight excluding hydrogens is 478 g/mol. The van der Waals surface area contributed by atoms with E-state index in [4.69, 9.17) is 16.3 Å². The Balaban J connectivity index is 1.34. The highest BCUT2D eigenvalue weighted by Crippen LogP contribution is 2.23. The maximum atomic E-state index is 13.1. The molecule has 0 aliphatic carbocycles. The summed E-state index contributed by atoms with van der Waals surface area (Å²) in [7, 11) is 1.64. The topological polar surface area (TPSA) is 78.9 Å². The summed E-state index contributed by atoms with van der Waals surface area (Å²) < 4.78 is 5.29. The van der Waals surface area contributed by atoms with E-state index in [-0.39, 0.29) is 24.4 Å². The highest BCUT2D eigenvalue weighted by Gasteiger charge is 2.27. The molecule has 0 bridgehead atoms. The van der Waals surface area contributed by atoms with Crippen LogP contribution in [-0.4, -0.2) is 77.7 Å². The second kappa shape index (κ2) is 11.4. The number of methoxy groups -OCH3 is 1. The van der Waals surface area contributed by atoms with Crippen LogP contribution in [0.3, 0.4) is 0 Å². The van der Waals surface area contributed by atoms with Crippen molar-refractivity contribution in [2.45, 2.75) is 19.9 Å². The highest BCUT2D eigenvalue weighted by molar-refractivity contribution is 6.30. The van der Waals surface area contributed by atoms with Crippen molar-refractivity contribution in [1.29, 1.82) is 0 Å². The predicted molar refractivity (Wildman–Crippen MR) is 140 cm³/mol. The summed E-state index contributed by atoms with van der Waals surface area (Å²) >= 11 is 5.94. The van der Waals surface area contributed by atoms with E-state index in [1.807, 2.05) is 50.2 Å². The first-order valence-corrected chi connectivity index (χ1v) is 12.3. The van der Waals surface area contributed by atoms with Crippen LogP contribution in [-0.2, 0) is 4.79 Å². The van der Waals surface area contributed by atoms with E-state index in [2.05, 4.69) is 15.1 Å². The van der Waals surface area contributed by atoms with E-state index in [0.717, 1.165) is 22.8 Å². The molecule has 4 rings (SSSR count). The fraction of sp³-hybridized carbons (Fsp3) is 0.333. The third kappa shape index (κ3) is 5.94. The minimum Gasteiger partial charge on any atom is -0.497 e. The number of carbonyl (C=O) groups is 2. The minimum absolute atomic E-state index is 0.0359. The normalized spacial score (nSPS) is 13.6. The molecule has 1 saturated heterocycles. The number of benzene rings is 2. The van der Waals surface area contributed by atoms with Crippen molar-refractivity contribution in [2.24, 2.45) is 0 Å². The molecule has 8 nitrogen and oxygen atoms in total. The van der Waals surface area contributed by atoms with Crippen LogP contribution in [0.2, 0.25) is 5.02 Å². The van der Waals surface area contributed by atoms with Gasteiger partial charge in [-0.25, -0.2) is 0 Å². The minimum atomic E-state index is -0.181. The Bertz CT molecular complexity index is 1190. The Morgan fingerprint density at radius 1 is 1.00 bits per heavy atom. The number of aromatic nitrogens is 2. The smallest absolute Gasteiger partial charge is 0.254 e. The van der Waals surface area contributed by atoms with Crippen molar-refractivity contribution in [2.75, 3.05) is 44.7 Å². The van der Waals surface area contributed by atoms with Crippen LogP contribution in [0.25, 0.3) is 11.3 Å². The van der Waals surface area contributed by atoms with Crippen molar-refractivity contribution >= 4 is 29.2 Å². The lowest BCUT2D eigenvalue weighted by molar-refractivity contribution is -0.132. The van der Waals surface area contributed by atoms with Crippen LogP contribution in [0.5, 0.6) is 5.75 Å². The Kier molecular flexibility index (Phi) is 8.05. The largest absolute Gasteiger partial charge is 0.497 e. The summed E-state index contributed by atoms with van der Waals surface area (Å²) in [5, 5.41) is 9.36. The molecule has 1 fully saturated rings. The van der Waals surface area contributed by atoms with Crippen molar-refractivity contribution in [1.82, 2.24) is 20.0 Å². The molecular formula is C27H30ClN5O3. The third-order valence-corrected chi connectivity index (χ3v) is 6.51. The lowest BCUT2D eigenvalue weighted by Crippen LogP contribution is -2.53. The van der Waals surface area contributed by atoms with Gasteiger partial charge >= 0.3 is 0 Å². The first kappa shape index (κ1) is 25.4. The summed E-state index contributed by atoms with van der Waals surface area (Å²) in [5.74, 6) is 1.30. The molecule has 0 radical (unpaired) electrons. The average molecular weight is 508 g/mol. The first-order chi connectivity index (χ1) is 17.4. The molecule has 2 amide bonds. The zero-order valence-corrected chi connectivity index (χ0v) is 21.5. The summed E-state index contributed by atoms with van der Waals surface area (Å²) in [6.45, 7) is 6.25. The monoisotopic (exact) mass is 507 g/mol. The number of hydrogen-bond donors (Lipinski definition) is 0. The van der Waals surface area contributed by atoms with Gasteiger partial charge < -0.3 is 19.4 Å². The molecule has 0 spiro atoms. The van der Waals surface area contributed by atoms with Crippen LogP contribution >= 0.6 is 11.6 Å². The van der Waals surface area contributed by atoms with E-state index in [9.17, 15) is 9.59 Å². The second-order valence-electron chi connectivity index (χ2n) is 8.91. The van der Waals surface area contributed by atoms with Gasteiger partial charge in [-0.3, -0.25) is 9.59 Å². The number of ether oxygens (including phenoxy) is 1. The van der Waals surface area contributed by atoms with Crippen molar-refractivity contribution in [3.63, 3.8) is 0 Å². The molecule has 9 heteroatoms. The molecule has 1 aliphatic heterocycles. The number of carbonyl (C=O) groups excluding carboxylic acids is 2. The molecule has 2 aromatic carbocycles. The quantitative estimate of drug-likeness (QED) is 0.481. The van der Waals surface area contributed by atoms with E-state index in [1.54, 1.807) is 41.2 Å². The molecule has 0 unspecified atom stereocenters. The number of piperazine rings is 1. The number of nitrogens with zero attached hydrogens (tertiary/aromatic N) is 5. The number of halogens is 1. The molecule has 2 heterocycles. The van der Waals surface area contributed by atoms with Gasteiger partial charge in [0.25, 0.3) is 5.91 Å². The van der Waals surface area contributed by atoms with E-state index < -0.39 is 0 Å². The average Bonchev–Trinajstić information content (AvgIpc) is 2.91. The van der Waals surface area contributed by atoms with E-state index >= 15 is 0 Å². The summed E-state index contributed by atoms with van der Waals surface area (Å²) in [6, 6.07) is 18.2. The standard InChI is InChI=1S/C27H30ClN5O3/c1-19(2)33(27(35)20-7-9-22(28)10-8-20)18-26(34)32-15-13-31(14-16-32)25-12-11-24(29-30-25)21-5-4-6-23(17-21)36-3/h4-12,17,19H,13-16,18H2,1-3H3.